The number of benzene rings is 1. The molecule has 0 bridgehead atoms. The largest absolute Gasteiger partial charge is 0.313 e. The molecule has 2 rings (SSSR count). The predicted molar refractivity (Wildman–Crippen MR) is 92.3 cm³/mol. The van der Waals surface area contributed by atoms with Crippen molar-refractivity contribution in [1.82, 2.24) is 10.3 Å². The van der Waals surface area contributed by atoms with Gasteiger partial charge in [0.1, 0.15) is 0 Å². The SMILES string of the molecule is CCCNC(Cc1nc(C)cs1)Cc1c(C)cccc1C. The second kappa shape index (κ2) is 7.71. The summed E-state index contributed by atoms with van der Waals surface area (Å²) < 4.78 is 0. The third kappa shape index (κ3) is 4.65. The van der Waals surface area contributed by atoms with Gasteiger partial charge < -0.3 is 5.32 Å². The van der Waals surface area contributed by atoms with Crippen molar-refractivity contribution in [3.63, 3.8) is 0 Å². The summed E-state index contributed by atoms with van der Waals surface area (Å²) in [6.45, 7) is 9.79. The Morgan fingerprint density at radius 2 is 1.86 bits per heavy atom. The molecule has 0 aliphatic carbocycles. The zero-order valence-electron chi connectivity index (χ0n) is 13.6. The zero-order chi connectivity index (χ0) is 15.2. The van der Waals surface area contributed by atoms with Crippen molar-refractivity contribution in [1.29, 1.82) is 0 Å². The first-order valence-electron chi connectivity index (χ1n) is 7.79. The molecular weight excluding hydrogens is 276 g/mol. The van der Waals surface area contributed by atoms with Crippen LogP contribution < -0.4 is 5.32 Å². The van der Waals surface area contributed by atoms with Crippen LogP contribution in [0.3, 0.4) is 0 Å². The number of thiazole rings is 1. The quantitative estimate of drug-likeness (QED) is 0.828. The van der Waals surface area contributed by atoms with Gasteiger partial charge in [0.25, 0.3) is 0 Å². The molecule has 1 aromatic carbocycles. The summed E-state index contributed by atoms with van der Waals surface area (Å²) in [7, 11) is 0. The Balaban J connectivity index is 2.12. The van der Waals surface area contributed by atoms with Crippen molar-refractivity contribution in [2.75, 3.05) is 6.54 Å². The fraction of sp³-hybridized carbons (Fsp3) is 0.500. The third-order valence-corrected chi connectivity index (χ3v) is 4.85. The van der Waals surface area contributed by atoms with Crippen molar-refractivity contribution in [3.05, 3.63) is 51.0 Å². The van der Waals surface area contributed by atoms with E-state index < -0.39 is 0 Å². The van der Waals surface area contributed by atoms with Gasteiger partial charge in [-0.2, -0.15) is 0 Å². The lowest BCUT2D eigenvalue weighted by atomic mass is 9.95. The van der Waals surface area contributed by atoms with Crippen LogP contribution in [0.25, 0.3) is 0 Å². The summed E-state index contributed by atoms with van der Waals surface area (Å²) in [5.41, 5.74) is 5.41. The minimum absolute atomic E-state index is 0.468. The highest BCUT2D eigenvalue weighted by Gasteiger charge is 2.14. The monoisotopic (exact) mass is 302 g/mol. The average Bonchev–Trinajstić information content (AvgIpc) is 2.85. The topological polar surface area (TPSA) is 24.9 Å². The van der Waals surface area contributed by atoms with Gasteiger partial charge in [0, 0.05) is 23.5 Å². The minimum atomic E-state index is 0.468. The smallest absolute Gasteiger partial charge is 0.0943 e. The molecule has 0 saturated heterocycles. The van der Waals surface area contributed by atoms with Gasteiger partial charge in [-0.25, -0.2) is 4.98 Å². The summed E-state index contributed by atoms with van der Waals surface area (Å²) in [6, 6.07) is 7.04. The van der Waals surface area contributed by atoms with E-state index in [1.165, 1.54) is 28.1 Å². The Morgan fingerprint density at radius 3 is 2.43 bits per heavy atom. The zero-order valence-corrected chi connectivity index (χ0v) is 14.4. The first-order chi connectivity index (χ1) is 10.1. The molecule has 1 atom stereocenters. The third-order valence-electron chi connectivity index (χ3n) is 3.87. The molecule has 0 fully saturated rings. The van der Waals surface area contributed by atoms with Crippen LogP contribution in [-0.4, -0.2) is 17.6 Å². The summed E-state index contributed by atoms with van der Waals surface area (Å²) in [5.74, 6) is 0. The number of nitrogens with one attached hydrogen (secondary N) is 1. The molecule has 2 nitrogen and oxygen atoms in total. The first-order valence-corrected chi connectivity index (χ1v) is 8.67. The molecule has 3 heteroatoms. The van der Waals surface area contributed by atoms with E-state index in [1.54, 1.807) is 11.3 Å². The second-order valence-electron chi connectivity index (χ2n) is 5.81. The van der Waals surface area contributed by atoms with Crippen LogP contribution in [0.4, 0.5) is 0 Å². The van der Waals surface area contributed by atoms with Gasteiger partial charge in [0.05, 0.1) is 5.01 Å². The van der Waals surface area contributed by atoms with E-state index >= 15 is 0 Å². The van der Waals surface area contributed by atoms with Gasteiger partial charge in [-0.05, 0) is 56.8 Å². The molecule has 0 aliphatic rings. The Kier molecular flexibility index (Phi) is 5.95. The molecule has 0 aliphatic heterocycles. The average molecular weight is 302 g/mol. The predicted octanol–water partition coefficient (Wildman–Crippen LogP) is 4.22. The molecular formula is C18H26N2S. The summed E-state index contributed by atoms with van der Waals surface area (Å²) in [6.07, 6.45) is 3.27. The van der Waals surface area contributed by atoms with E-state index in [2.05, 4.69) is 61.6 Å². The van der Waals surface area contributed by atoms with Crippen LogP contribution in [0.2, 0.25) is 0 Å². The molecule has 2 aromatic rings. The highest BCUT2D eigenvalue weighted by Crippen LogP contribution is 2.18. The fourth-order valence-corrected chi connectivity index (χ4v) is 3.54. The lowest BCUT2D eigenvalue weighted by molar-refractivity contribution is 0.502. The number of aromatic nitrogens is 1. The number of aryl methyl sites for hydroxylation is 3. The van der Waals surface area contributed by atoms with Crippen LogP contribution in [0.5, 0.6) is 0 Å². The van der Waals surface area contributed by atoms with E-state index in [0.717, 1.165) is 25.1 Å². The van der Waals surface area contributed by atoms with Crippen LogP contribution in [0, 0.1) is 20.8 Å². The van der Waals surface area contributed by atoms with Crippen molar-refractivity contribution in [2.45, 2.75) is 53.0 Å². The molecule has 0 amide bonds. The second-order valence-corrected chi connectivity index (χ2v) is 6.75. The summed E-state index contributed by atoms with van der Waals surface area (Å²) >= 11 is 1.78. The van der Waals surface area contributed by atoms with E-state index in [9.17, 15) is 0 Å². The van der Waals surface area contributed by atoms with Gasteiger partial charge in [0.2, 0.25) is 0 Å². The number of hydrogen-bond acceptors (Lipinski definition) is 3. The highest BCUT2D eigenvalue weighted by molar-refractivity contribution is 7.09. The van der Waals surface area contributed by atoms with Gasteiger partial charge in [-0.1, -0.05) is 25.1 Å². The van der Waals surface area contributed by atoms with E-state index in [4.69, 9.17) is 0 Å². The summed E-state index contributed by atoms with van der Waals surface area (Å²) in [4.78, 5) is 4.62. The molecule has 114 valence electrons. The molecule has 1 unspecified atom stereocenters. The number of nitrogens with zero attached hydrogens (tertiary/aromatic N) is 1. The Morgan fingerprint density at radius 1 is 1.14 bits per heavy atom. The van der Waals surface area contributed by atoms with Gasteiger partial charge in [-0.15, -0.1) is 11.3 Å². The van der Waals surface area contributed by atoms with Gasteiger partial charge >= 0.3 is 0 Å². The van der Waals surface area contributed by atoms with E-state index in [-0.39, 0.29) is 0 Å². The molecule has 1 heterocycles. The molecule has 0 radical (unpaired) electrons. The van der Waals surface area contributed by atoms with Crippen molar-refractivity contribution in [3.8, 4) is 0 Å². The maximum Gasteiger partial charge on any atom is 0.0943 e. The maximum absolute atomic E-state index is 4.62. The van der Waals surface area contributed by atoms with Crippen LogP contribution in [0.1, 0.15) is 40.7 Å². The number of hydrogen-bond donors (Lipinski definition) is 1. The molecule has 1 aromatic heterocycles. The normalized spacial score (nSPS) is 12.6. The van der Waals surface area contributed by atoms with Crippen molar-refractivity contribution >= 4 is 11.3 Å². The van der Waals surface area contributed by atoms with E-state index in [0.29, 0.717) is 6.04 Å². The maximum atomic E-state index is 4.62. The first kappa shape index (κ1) is 16.2. The van der Waals surface area contributed by atoms with Crippen LogP contribution in [-0.2, 0) is 12.8 Å². The number of rotatable bonds is 7. The van der Waals surface area contributed by atoms with Crippen LogP contribution in [0.15, 0.2) is 23.6 Å². The van der Waals surface area contributed by atoms with Gasteiger partial charge in [0.15, 0.2) is 0 Å². The van der Waals surface area contributed by atoms with Crippen LogP contribution >= 0.6 is 11.3 Å². The fourth-order valence-electron chi connectivity index (χ4n) is 2.69. The van der Waals surface area contributed by atoms with Gasteiger partial charge in [-0.3, -0.25) is 0 Å². The Bertz CT molecular complexity index is 554. The molecule has 21 heavy (non-hydrogen) atoms. The standard InChI is InChI=1S/C18H26N2S/c1-5-9-19-16(11-18-20-15(4)12-21-18)10-17-13(2)7-6-8-14(17)3/h6-8,12,16,19H,5,9-11H2,1-4H3. The highest BCUT2D eigenvalue weighted by atomic mass is 32.1. The van der Waals surface area contributed by atoms with Crippen molar-refractivity contribution < 1.29 is 0 Å². The minimum Gasteiger partial charge on any atom is -0.313 e. The lowest BCUT2D eigenvalue weighted by Gasteiger charge is -2.20. The Labute approximate surface area is 132 Å². The van der Waals surface area contributed by atoms with Crippen molar-refractivity contribution in [2.24, 2.45) is 0 Å². The Hall–Kier alpha value is -1.19. The summed E-state index contributed by atoms with van der Waals surface area (Å²) in [5, 5.41) is 7.08. The molecule has 0 spiro atoms. The molecule has 0 saturated carbocycles. The lowest BCUT2D eigenvalue weighted by Crippen LogP contribution is -2.34. The molecule has 1 N–H and O–H groups in total. The van der Waals surface area contributed by atoms with E-state index in [1.807, 2.05) is 0 Å².